The molecule has 0 spiro atoms. The van der Waals surface area contributed by atoms with Gasteiger partial charge in [0.1, 0.15) is 11.5 Å². The first-order valence-electron chi connectivity index (χ1n) is 9.68. The summed E-state index contributed by atoms with van der Waals surface area (Å²) in [4.78, 5) is 12.5. The first-order chi connectivity index (χ1) is 14.2. The highest BCUT2D eigenvalue weighted by Gasteiger charge is 2.13. The Kier molecular flexibility index (Phi) is 7.25. The van der Waals surface area contributed by atoms with Crippen molar-refractivity contribution in [1.29, 1.82) is 0 Å². The van der Waals surface area contributed by atoms with Crippen molar-refractivity contribution in [3.63, 3.8) is 0 Å². The fraction of sp³-hybridized carbons (Fsp3) is 0.208. The van der Waals surface area contributed by atoms with Crippen molar-refractivity contribution in [2.45, 2.75) is 19.4 Å². The minimum Gasteiger partial charge on any atom is -0.497 e. The van der Waals surface area contributed by atoms with E-state index in [1.807, 2.05) is 78.9 Å². The van der Waals surface area contributed by atoms with Gasteiger partial charge in [0, 0.05) is 6.04 Å². The lowest BCUT2D eigenvalue weighted by Gasteiger charge is -2.18. The molecule has 0 heterocycles. The first-order valence-corrected chi connectivity index (χ1v) is 9.68. The molecule has 1 atom stereocenters. The second-order valence-corrected chi connectivity index (χ2v) is 6.57. The van der Waals surface area contributed by atoms with Crippen LogP contribution in [0.4, 0.5) is 5.69 Å². The second kappa shape index (κ2) is 10.3. The maximum atomic E-state index is 12.5. The van der Waals surface area contributed by atoms with E-state index in [1.165, 1.54) is 0 Å². The monoisotopic (exact) mass is 390 g/mol. The molecule has 0 aliphatic carbocycles. The number of rotatable bonds is 9. The van der Waals surface area contributed by atoms with Crippen molar-refractivity contribution in [2.75, 3.05) is 19.0 Å². The number of methoxy groups -OCH3 is 1. The quantitative estimate of drug-likeness (QED) is 0.529. The molecule has 0 saturated carbocycles. The van der Waals surface area contributed by atoms with Crippen LogP contribution in [-0.4, -0.2) is 19.6 Å². The van der Waals surface area contributed by atoms with Gasteiger partial charge in [-0.2, -0.15) is 0 Å². The summed E-state index contributed by atoms with van der Waals surface area (Å²) in [6, 6.07) is 24.9. The largest absolute Gasteiger partial charge is 0.497 e. The van der Waals surface area contributed by atoms with Gasteiger partial charge in [0.2, 0.25) is 5.91 Å². The smallest absolute Gasteiger partial charge is 0.238 e. The van der Waals surface area contributed by atoms with E-state index in [0.717, 1.165) is 23.5 Å². The fourth-order valence-electron chi connectivity index (χ4n) is 3.02. The SMILES string of the molecule is CC[C@H](NCC(=O)Nc1ccccc1Oc1ccccc1)c1ccc(OC)cc1. The van der Waals surface area contributed by atoms with Crippen molar-refractivity contribution < 1.29 is 14.3 Å². The summed E-state index contributed by atoms with van der Waals surface area (Å²) in [5, 5.41) is 6.25. The van der Waals surface area contributed by atoms with Crippen molar-refractivity contribution in [1.82, 2.24) is 5.32 Å². The predicted octanol–water partition coefficient (Wildman–Crippen LogP) is 5.17. The summed E-state index contributed by atoms with van der Waals surface area (Å²) in [6.07, 6.45) is 0.868. The van der Waals surface area contributed by atoms with E-state index in [2.05, 4.69) is 17.6 Å². The average Bonchev–Trinajstić information content (AvgIpc) is 2.77. The van der Waals surface area contributed by atoms with E-state index in [0.29, 0.717) is 11.4 Å². The Labute approximate surface area is 171 Å². The van der Waals surface area contributed by atoms with Gasteiger partial charge < -0.3 is 20.1 Å². The number of anilines is 1. The first kappa shape index (κ1) is 20.4. The molecule has 0 aromatic heterocycles. The van der Waals surface area contributed by atoms with Gasteiger partial charge >= 0.3 is 0 Å². The molecule has 0 unspecified atom stereocenters. The Morgan fingerprint density at radius 2 is 1.59 bits per heavy atom. The molecule has 150 valence electrons. The number of ether oxygens (including phenoxy) is 2. The number of carbonyl (C=O) groups is 1. The van der Waals surface area contributed by atoms with Gasteiger partial charge in [-0.05, 0) is 48.4 Å². The van der Waals surface area contributed by atoms with Crippen molar-refractivity contribution >= 4 is 11.6 Å². The van der Waals surface area contributed by atoms with Crippen LogP contribution < -0.4 is 20.1 Å². The van der Waals surface area contributed by atoms with Crippen LogP contribution >= 0.6 is 0 Å². The van der Waals surface area contributed by atoms with Gasteiger partial charge in [-0.3, -0.25) is 4.79 Å². The van der Waals surface area contributed by atoms with Gasteiger partial charge in [-0.1, -0.05) is 49.4 Å². The zero-order valence-corrected chi connectivity index (χ0v) is 16.7. The molecule has 0 saturated heterocycles. The normalized spacial score (nSPS) is 11.5. The summed E-state index contributed by atoms with van der Waals surface area (Å²) >= 11 is 0. The van der Waals surface area contributed by atoms with E-state index in [-0.39, 0.29) is 18.5 Å². The van der Waals surface area contributed by atoms with Gasteiger partial charge in [0.15, 0.2) is 5.75 Å². The minimum absolute atomic E-state index is 0.0856. The number of nitrogens with one attached hydrogen (secondary N) is 2. The van der Waals surface area contributed by atoms with E-state index in [9.17, 15) is 4.79 Å². The molecule has 3 aromatic carbocycles. The molecule has 0 bridgehead atoms. The van der Waals surface area contributed by atoms with Crippen LogP contribution in [0.15, 0.2) is 78.9 Å². The number of carbonyl (C=O) groups excluding carboxylic acids is 1. The highest BCUT2D eigenvalue weighted by molar-refractivity contribution is 5.93. The lowest BCUT2D eigenvalue weighted by Crippen LogP contribution is -2.31. The van der Waals surface area contributed by atoms with Crippen LogP contribution in [0.3, 0.4) is 0 Å². The summed E-state index contributed by atoms with van der Waals surface area (Å²) in [7, 11) is 1.65. The number of hydrogen-bond acceptors (Lipinski definition) is 4. The van der Waals surface area contributed by atoms with Crippen molar-refractivity contribution in [2.24, 2.45) is 0 Å². The van der Waals surface area contributed by atoms with Crippen molar-refractivity contribution in [3.05, 3.63) is 84.4 Å². The molecule has 3 rings (SSSR count). The Hall–Kier alpha value is -3.31. The van der Waals surface area contributed by atoms with Gasteiger partial charge in [0.05, 0.1) is 19.3 Å². The van der Waals surface area contributed by atoms with Crippen LogP contribution in [-0.2, 0) is 4.79 Å². The topological polar surface area (TPSA) is 59.6 Å². The van der Waals surface area contributed by atoms with E-state index < -0.39 is 0 Å². The van der Waals surface area contributed by atoms with Crippen LogP contribution in [0, 0.1) is 0 Å². The van der Waals surface area contributed by atoms with Crippen LogP contribution in [0.25, 0.3) is 0 Å². The maximum absolute atomic E-state index is 12.5. The molecule has 0 aliphatic rings. The third-order valence-electron chi connectivity index (χ3n) is 4.57. The summed E-state index contributed by atoms with van der Waals surface area (Å²) in [5.74, 6) is 2.02. The zero-order chi connectivity index (χ0) is 20.5. The predicted molar refractivity (Wildman–Crippen MR) is 116 cm³/mol. The Morgan fingerprint density at radius 1 is 0.897 bits per heavy atom. The highest BCUT2D eigenvalue weighted by atomic mass is 16.5. The van der Waals surface area contributed by atoms with E-state index >= 15 is 0 Å². The van der Waals surface area contributed by atoms with E-state index in [1.54, 1.807) is 7.11 Å². The molecule has 0 aliphatic heterocycles. The van der Waals surface area contributed by atoms with Gasteiger partial charge in [-0.15, -0.1) is 0 Å². The van der Waals surface area contributed by atoms with Crippen LogP contribution in [0.1, 0.15) is 24.9 Å². The molecule has 1 amide bonds. The molecule has 29 heavy (non-hydrogen) atoms. The number of hydrogen-bond donors (Lipinski definition) is 2. The molecule has 2 N–H and O–H groups in total. The molecular formula is C24H26N2O3. The average molecular weight is 390 g/mol. The molecular weight excluding hydrogens is 364 g/mol. The molecule has 0 radical (unpaired) electrons. The van der Waals surface area contributed by atoms with Crippen LogP contribution in [0.5, 0.6) is 17.2 Å². The highest BCUT2D eigenvalue weighted by Crippen LogP contribution is 2.29. The third kappa shape index (κ3) is 5.83. The second-order valence-electron chi connectivity index (χ2n) is 6.57. The lowest BCUT2D eigenvalue weighted by atomic mass is 10.0. The maximum Gasteiger partial charge on any atom is 0.238 e. The molecule has 3 aromatic rings. The Balaban J connectivity index is 1.60. The van der Waals surface area contributed by atoms with Crippen molar-refractivity contribution in [3.8, 4) is 17.2 Å². The fourth-order valence-corrected chi connectivity index (χ4v) is 3.02. The Morgan fingerprint density at radius 3 is 2.28 bits per heavy atom. The number of benzene rings is 3. The number of para-hydroxylation sites is 3. The lowest BCUT2D eigenvalue weighted by molar-refractivity contribution is -0.115. The number of amides is 1. The molecule has 0 fully saturated rings. The Bertz CT molecular complexity index is 911. The summed E-state index contributed by atoms with van der Waals surface area (Å²) < 4.78 is 11.1. The summed E-state index contributed by atoms with van der Waals surface area (Å²) in [5.41, 5.74) is 1.76. The molecule has 5 nitrogen and oxygen atoms in total. The third-order valence-corrected chi connectivity index (χ3v) is 4.57. The molecule has 5 heteroatoms. The summed E-state index contributed by atoms with van der Waals surface area (Å²) in [6.45, 7) is 2.28. The zero-order valence-electron chi connectivity index (χ0n) is 16.7. The standard InChI is InChI=1S/C24H26N2O3/c1-3-21(18-13-15-19(28-2)16-14-18)25-17-24(27)26-22-11-7-8-12-23(22)29-20-9-5-4-6-10-20/h4-16,21,25H,3,17H2,1-2H3,(H,26,27)/t21-/m0/s1. The van der Waals surface area contributed by atoms with Gasteiger partial charge in [-0.25, -0.2) is 0 Å². The van der Waals surface area contributed by atoms with Gasteiger partial charge in [0.25, 0.3) is 0 Å². The van der Waals surface area contributed by atoms with Crippen LogP contribution in [0.2, 0.25) is 0 Å². The minimum atomic E-state index is -0.124. The van der Waals surface area contributed by atoms with E-state index in [4.69, 9.17) is 9.47 Å².